The van der Waals surface area contributed by atoms with Crippen LogP contribution in [0.5, 0.6) is 0 Å². The molecule has 2 rings (SSSR count). The first-order valence-corrected chi connectivity index (χ1v) is 5.34. The van der Waals surface area contributed by atoms with Gasteiger partial charge in [-0.15, -0.1) is 12.4 Å². The second-order valence-corrected chi connectivity index (χ2v) is 3.74. The van der Waals surface area contributed by atoms with Crippen LogP contribution in [0.15, 0.2) is 48.5 Å². The summed E-state index contributed by atoms with van der Waals surface area (Å²) >= 11 is 0. The number of nitrogens with two attached hydrogens (primary N) is 1. The molecule has 0 aliphatic heterocycles. The fourth-order valence-corrected chi connectivity index (χ4v) is 1.67. The predicted octanol–water partition coefficient (Wildman–Crippen LogP) is 3.42. The molecule has 0 amide bonds. The van der Waals surface area contributed by atoms with E-state index in [1.165, 1.54) is 17.7 Å². The van der Waals surface area contributed by atoms with Crippen molar-refractivity contribution in [3.8, 4) is 11.1 Å². The topological polar surface area (TPSA) is 26.0 Å². The van der Waals surface area contributed by atoms with Crippen LogP contribution in [0.25, 0.3) is 11.1 Å². The standard InChI is InChI=1S/C14H14FN.ClH/c15-14-7-5-13(6-8-14)12-3-1-11(2-4-12)9-10-16;/h1-8H,9-10,16H2;1H. The quantitative estimate of drug-likeness (QED) is 0.889. The zero-order chi connectivity index (χ0) is 11.4. The summed E-state index contributed by atoms with van der Waals surface area (Å²) < 4.78 is 12.8. The van der Waals surface area contributed by atoms with Crippen molar-refractivity contribution in [1.82, 2.24) is 0 Å². The third kappa shape index (κ3) is 3.55. The molecule has 0 radical (unpaired) electrons. The van der Waals surface area contributed by atoms with Gasteiger partial charge in [-0.2, -0.15) is 0 Å². The third-order valence-corrected chi connectivity index (χ3v) is 2.56. The van der Waals surface area contributed by atoms with E-state index in [1.807, 2.05) is 12.1 Å². The summed E-state index contributed by atoms with van der Waals surface area (Å²) in [5, 5.41) is 0. The lowest BCUT2D eigenvalue weighted by molar-refractivity contribution is 0.628. The van der Waals surface area contributed by atoms with Crippen molar-refractivity contribution in [3.05, 3.63) is 59.9 Å². The van der Waals surface area contributed by atoms with Gasteiger partial charge in [-0.05, 0) is 41.8 Å². The molecule has 0 saturated carbocycles. The van der Waals surface area contributed by atoms with Gasteiger partial charge in [0.1, 0.15) is 5.82 Å². The van der Waals surface area contributed by atoms with Gasteiger partial charge in [-0.25, -0.2) is 4.39 Å². The summed E-state index contributed by atoms with van der Waals surface area (Å²) in [7, 11) is 0. The first-order chi connectivity index (χ1) is 7.79. The van der Waals surface area contributed by atoms with Crippen molar-refractivity contribution < 1.29 is 4.39 Å². The van der Waals surface area contributed by atoms with Crippen LogP contribution in [0, 0.1) is 5.82 Å². The van der Waals surface area contributed by atoms with Crippen LogP contribution in [-0.2, 0) is 6.42 Å². The molecule has 0 saturated heterocycles. The van der Waals surface area contributed by atoms with Crippen LogP contribution >= 0.6 is 12.4 Å². The molecule has 1 nitrogen and oxygen atoms in total. The lowest BCUT2D eigenvalue weighted by Gasteiger charge is -2.03. The van der Waals surface area contributed by atoms with Crippen LogP contribution in [0.1, 0.15) is 5.56 Å². The molecule has 0 heterocycles. The molecular weight excluding hydrogens is 237 g/mol. The summed E-state index contributed by atoms with van der Waals surface area (Å²) in [6, 6.07) is 14.7. The average molecular weight is 252 g/mol. The highest BCUT2D eigenvalue weighted by atomic mass is 35.5. The fourth-order valence-electron chi connectivity index (χ4n) is 1.67. The average Bonchev–Trinajstić information content (AvgIpc) is 2.32. The van der Waals surface area contributed by atoms with Gasteiger partial charge in [-0.3, -0.25) is 0 Å². The van der Waals surface area contributed by atoms with E-state index in [1.54, 1.807) is 12.1 Å². The SMILES string of the molecule is Cl.NCCc1ccc(-c2ccc(F)cc2)cc1. The Bertz CT molecular complexity index is 451. The minimum atomic E-state index is -0.205. The smallest absolute Gasteiger partial charge is 0.123 e. The van der Waals surface area contributed by atoms with Gasteiger partial charge in [0.05, 0.1) is 0 Å². The molecule has 0 aliphatic carbocycles. The minimum Gasteiger partial charge on any atom is -0.330 e. The maximum Gasteiger partial charge on any atom is 0.123 e. The Morgan fingerprint density at radius 3 is 1.76 bits per heavy atom. The molecule has 2 aromatic rings. The largest absolute Gasteiger partial charge is 0.330 e. The second kappa shape index (κ2) is 6.38. The molecule has 17 heavy (non-hydrogen) atoms. The summed E-state index contributed by atoms with van der Waals surface area (Å²) in [5.41, 5.74) is 8.84. The molecule has 90 valence electrons. The molecule has 0 aliphatic rings. The van der Waals surface area contributed by atoms with Crippen molar-refractivity contribution in [3.63, 3.8) is 0 Å². The number of halogens is 2. The molecule has 3 heteroatoms. The van der Waals surface area contributed by atoms with Crippen molar-refractivity contribution in [2.45, 2.75) is 6.42 Å². The van der Waals surface area contributed by atoms with Crippen molar-refractivity contribution in [2.75, 3.05) is 6.54 Å². The second-order valence-electron chi connectivity index (χ2n) is 3.74. The summed E-state index contributed by atoms with van der Waals surface area (Å²) in [4.78, 5) is 0. The highest BCUT2D eigenvalue weighted by molar-refractivity contribution is 5.85. The molecule has 0 aromatic heterocycles. The van der Waals surface area contributed by atoms with Crippen molar-refractivity contribution in [2.24, 2.45) is 5.73 Å². The molecule has 0 unspecified atom stereocenters. The van der Waals surface area contributed by atoms with E-state index in [4.69, 9.17) is 5.73 Å². The zero-order valence-corrected chi connectivity index (χ0v) is 10.2. The maximum atomic E-state index is 12.8. The molecule has 0 spiro atoms. The Labute approximate surface area is 107 Å². The van der Waals surface area contributed by atoms with Gasteiger partial charge in [0.15, 0.2) is 0 Å². The van der Waals surface area contributed by atoms with Crippen LogP contribution in [0.2, 0.25) is 0 Å². The number of benzene rings is 2. The summed E-state index contributed by atoms with van der Waals surface area (Å²) in [6.45, 7) is 0.663. The van der Waals surface area contributed by atoms with E-state index in [0.29, 0.717) is 6.54 Å². The van der Waals surface area contributed by atoms with Gasteiger partial charge in [0.25, 0.3) is 0 Å². The van der Waals surface area contributed by atoms with E-state index in [0.717, 1.165) is 17.5 Å². The fraction of sp³-hybridized carbons (Fsp3) is 0.143. The molecule has 2 N–H and O–H groups in total. The normalized spacial score (nSPS) is 9.76. The van der Waals surface area contributed by atoms with Crippen LogP contribution < -0.4 is 5.73 Å². The van der Waals surface area contributed by atoms with Crippen LogP contribution in [0.3, 0.4) is 0 Å². The Morgan fingerprint density at radius 2 is 1.29 bits per heavy atom. The first-order valence-electron chi connectivity index (χ1n) is 5.34. The first kappa shape index (κ1) is 13.7. The van der Waals surface area contributed by atoms with Gasteiger partial charge in [0.2, 0.25) is 0 Å². The van der Waals surface area contributed by atoms with Gasteiger partial charge in [0, 0.05) is 0 Å². The predicted molar refractivity (Wildman–Crippen MR) is 71.8 cm³/mol. The highest BCUT2D eigenvalue weighted by Crippen LogP contribution is 2.20. The third-order valence-electron chi connectivity index (χ3n) is 2.56. The lowest BCUT2D eigenvalue weighted by atomic mass is 10.0. The van der Waals surface area contributed by atoms with Gasteiger partial charge < -0.3 is 5.73 Å². The monoisotopic (exact) mass is 251 g/mol. The van der Waals surface area contributed by atoms with E-state index >= 15 is 0 Å². The van der Waals surface area contributed by atoms with Crippen LogP contribution in [-0.4, -0.2) is 6.54 Å². The summed E-state index contributed by atoms with van der Waals surface area (Å²) in [5.74, 6) is -0.205. The lowest BCUT2D eigenvalue weighted by Crippen LogP contribution is -2.02. The van der Waals surface area contributed by atoms with Crippen molar-refractivity contribution in [1.29, 1.82) is 0 Å². The van der Waals surface area contributed by atoms with E-state index < -0.39 is 0 Å². The molecular formula is C14H15ClFN. The van der Waals surface area contributed by atoms with E-state index in [9.17, 15) is 4.39 Å². The molecule has 2 aromatic carbocycles. The molecule has 0 atom stereocenters. The summed E-state index contributed by atoms with van der Waals surface area (Å²) in [6.07, 6.45) is 0.893. The number of hydrogen-bond donors (Lipinski definition) is 1. The highest BCUT2D eigenvalue weighted by Gasteiger charge is 1.98. The Kier molecular flexibility index (Phi) is 5.13. The van der Waals surface area contributed by atoms with Crippen molar-refractivity contribution >= 4 is 12.4 Å². The number of hydrogen-bond acceptors (Lipinski definition) is 1. The Morgan fingerprint density at radius 1 is 0.824 bits per heavy atom. The van der Waals surface area contributed by atoms with E-state index in [2.05, 4.69) is 12.1 Å². The van der Waals surface area contributed by atoms with Crippen LogP contribution in [0.4, 0.5) is 4.39 Å². The van der Waals surface area contributed by atoms with Gasteiger partial charge >= 0.3 is 0 Å². The maximum absolute atomic E-state index is 12.8. The van der Waals surface area contributed by atoms with E-state index in [-0.39, 0.29) is 18.2 Å². The Balaban J connectivity index is 0.00000144. The Hall–Kier alpha value is -1.38. The minimum absolute atomic E-state index is 0. The molecule has 0 fully saturated rings. The van der Waals surface area contributed by atoms with Gasteiger partial charge in [-0.1, -0.05) is 36.4 Å². The number of rotatable bonds is 3. The molecule has 0 bridgehead atoms. The zero-order valence-electron chi connectivity index (χ0n) is 9.40.